The Kier molecular flexibility index (Phi) is 4.47. The molecule has 0 fully saturated rings. The monoisotopic (exact) mass is 278 g/mol. The molecule has 2 rings (SSSR count). The number of aromatic nitrogens is 1. The largest absolute Gasteiger partial charge is 0.394 e. The number of aliphatic hydroxyl groups excluding tert-OH is 1. The van der Waals surface area contributed by atoms with Gasteiger partial charge in [0.25, 0.3) is 5.91 Å². The number of hydrogen-bond donors (Lipinski definition) is 2. The number of hydrogen-bond acceptors (Lipinski definition) is 4. The lowest BCUT2D eigenvalue weighted by Gasteiger charge is -2.11. The fourth-order valence-corrected chi connectivity index (χ4v) is 1.67. The van der Waals surface area contributed by atoms with Gasteiger partial charge in [0, 0.05) is 11.6 Å². The first-order chi connectivity index (χ1) is 9.63. The highest BCUT2D eigenvalue weighted by Gasteiger charge is 2.16. The van der Waals surface area contributed by atoms with Crippen LogP contribution >= 0.6 is 0 Å². The van der Waals surface area contributed by atoms with Gasteiger partial charge in [-0.3, -0.25) is 4.79 Å². The Hall–Kier alpha value is -2.21. The third kappa shape index (κ3) is 3.21. The Morgan fingerprint density at radius 1 is 1.45 bits per heavy atom. The molecule has 0 aliphatic rings. The third-order valence-corrected chi connectivity index (χ3v) is 2.92. The summed E-state index contributed by atoms with van der Waals surface area (Å²) >= 11 is 0. The predicted molar refractivity (Wildman–Crippen MR) is 70.5 cm³/mol. The number of amides is 1. The molecule has 0 bridgehead atoms. The van der Waals surface area contributed by atoms with Crippen molar-refractivity contribution in [2.45, 2.75) is 19.4 Å². The van der Waals surface area contributed by atoms with E-state index in [1.807, 2.05) is 6.92 Å². The standard InChI is InChI=1S/C14H15FN2O3/c1-2-11(8-18)16-14(19)12-7-13(20-17-12)9-3-5-10(15)6-4-9/h3-7,11,18H,2,8H2,1H3,(H,16,19). The van der Waals surface area contributed by atoms with Crippen molar-refractivity contribution in [1.29, 1.82) is 0 Å². The molecular formula is C14H15FN2O3. The van der Waals surface area contributed by atoms with Crippen molar-refractivity contribution in [2.24, 2.45) is 0 Å². The van der Waals surface area contributed by atoms with Crippen LogP contribution < -0.4 is 5.32 Å². The SMILES string of the molecule is CCC(CO)NC(=O)c1cc(-c2ccc(F)cc2)on1. The van der Waals surface area contributed by atoms with Gasteiger partial charge in [-0.1, -0.05) is 12.1 Å². The fourth-order valence-electron chi connectivity index (χ4n) is 1.67. The number of nitrogens with one attached hydrogen (secondary N) is 1. The molecule has 0 spiro atoms. The smallest absolute Gasteiger partial charge is 0.273 e. The van der Waals surface area contributed by atoms with Crippen molar-refractivity contribution >= 4 is 5.91 Å². The van der Waals surface area contributed by atoms with Gasteiger partial charge in [0.15, 0.2) is 11.5 Å². The van der Waals surface area contributed by atoms with Crippen molar-refractivity contribution in [3.8, 4) is 11.3 Å². The first-order valence-electron chi connectivity index (χ1n) is 6.28. The maximum atomic E-state index is 12.8. The molecule has 0 saturated carbocycles. The number of nitrogens with zero attached hydrogens (tertiary/aromatic N) is 1. The molecule has 106 valence electrons. The molecule has 1 unspecified atom stereocenters. The quantitative estimate of drug-likeness (QED) is 0.877. The molecule has 0 radical (unpaired) electrons. The Morgan fingerprint density at radius 3 is 2.75 bits per heavy atom. The van der Waals surface area contributed by atoms with E-state index in [1.165, 1.54) is 18.2 Å². The minimum Gasteiger partial charge on any atom is -0.394 e. The first-order valence-corrected chi connectivity index (χ1v) is 6.28. The molecule has 5 nitrogen and oxygen atoms in total. The van der Waals surface area contributed by atoms with Gasteiger partial charge in [-0.15, -0.1) is 0 Å². The number of carbonyl (C=O) groups excluding carboxylic acids is 1. The maximum Gasteiger partial charge on any atom is 0.273 e. The number of halogens is 1. The second-order valence-corrected chi connectivity index (χ2v) is 4.34. The molecule has 2 N–H and O–H groups in total. The average Bonchev–Trinajstić information content (AvgIpc) is 2.95. The molecule has 1 heterocycles. The first kappa shape index (κ1) is 14.2. The second kappa shape index (κ2) is 6.29. The van der Waals surface area contributed by atoms with Crippen LogP contribution in [0.4, 0.5) is 4.39 Å². The van der Waals surface area contributed by atoms with Crippen LogP contribution in [0, 0.1) is 5.82 Å². The van der Waals surface area contributed by atoms with E-state index < -0.39 is 5.91 Å². The number of aliphatic hydroxyl groups is 1. The van der Waals surface area contributed by atoms with Crippen LogP contribution in [-0.4, -0.2) is 28.8 Å². The van der Waals surface area contributed by atoms with E-state index in [2.05, 4.69) is 10.5 Å². The van der Waals surface area contributed by atoms with Crippen molar-refractivity contribution in [1.82, 2.24) is 10.5 Å². The van der Waals surface area contributed by atoms with Crippen LogP contribution in [-0.2, 0) is 0 Å². The molecule has 1 atom stereocenters. The minimum absolute atomic E-state index is 0.122. The summed E-state index contributed by atoms with van der Waals surface area (Å²) in [5, 5.41) is 15.3. The topological polar surface area (TPSA) is 75.4 Å². The zero-order valence-electron chi connectivity index (χ0n) is 11.0. The van der Waals surface area contributed by atoms with E-state index in [0.717, 1.165) is 0 Å². The van der Waals surface area contributed by atoms with Gasteiger partial charge in [-0.05, 0) is 30.7 Å². The summed E-state index contributed by atoms with van der Waals surface area (Å²) in [6.07, 6.45) is 0.616. The number of benzene rings is 1. The lowest BCUT2D eigenvalue weighted by Crippen LogP contribution is -2.37. The molecule has 1 amide bonds. The number of carbonyl (C=O) groups is 1. The Balaban J connectivity index is 2.12. The Labute approximate surface area is 115 Å². The second-order valence-electron chi connectivity index (χ2n) is 4.34. The zero-order valence-corrected chi connectivity index (χ0v) is 11.0. The van der Waals surface area contributed by atoms with Crippen LogP contribution in [0.5, 0.6) is 0 Å². The molecule has 0 saturated heterocycles. The van der Waals surface area contributed by atoms with E-state index in [9.17, 15) is 9.18 Å². The average molecular weight is 278 g/mol. The van der Waals surface area contributed by atoms with Crippen LogP contribution in [0.1, 0.15) is 23.8 Å². The van der Waals surface area contributed by atoms with Gasteiger partial charge in [0.2, 0.25) is 0 Å². The zero-order chi connectivity index (χ0) is 14.5. The highest BCUT2D eigenvalue weighted by Crippen LogP contribution is 2.20. The highest BCUT2D eigenvalue weighted by molar-refractivity contribution is 5.93. The van der Waals surface area contributed by atoms with Gasteiger partial charge in [0.1, 0.15) is 5.82 Å². The van der Waals surface area contributed by atoms with Crippen LogP contribution in [0.25, 0.3) is 11.3 Å². The molecule has 20 heavy (non-hydrogen) atoms. The molecule has 1 aromatic heterocycles. The number of rotatable bonds is 5. The summed E-state index contributed by atoms with van der Waals surface area (Å²) in [6.45, 7) is 1.72. The summed E-state index contributed by atoms with van der Waals surface area (Å²) in [5.41, 5.74) is 0.753. The normalized spacial score (nSPS) is 12.2. The molecule has 2 aromatic rings. The maximum absolute atomic E-state index is 12.8. The van der Waals surface area contributed by atoms with E-state index in [1.54, 1.807) is 12.1 Å². The summed E-state index contributed by atoms with van der Waals surface area (Å²) in [7, 11) is 0. The van der Waals surface area contributed by atoms with Gasteiger partial charge < -0.3 is 14.9 Å². The van der Waals surface area contributed by atoms with E-state index >= 15 is 0 Å². The van der Waals surface area contributed by atoms with E-state index in [4.69, 9.17) is 9.63 Å². The van der Waals surface area contributed by atoms with Crippen molar-refractivity contribution in [3.63, 3.8) is 0 Å². The lowest BCUT2D eigenvalue weighted by atomic mass is 10.1. The lowest BCUT2D eigenvalue weighted by molar-refractivity contribution is 0.0906. The van der Waals surface area contributed by atoms with Crippen molar-refractivity contribution in [3.05, 3.63) is 41.8 Å². The van der Waals surface area contributed by atoms with Gasteiger partial charge in [0.05, 0.1) is 12.6 Å². The molecular weight excluding hydrogens is 263 g/mol. The van der Waals surface area contributed by atoms with Gasteiger partial charge in [-0.2, -0.15) is 0 Å². The minimum atomic E-state index is -0.414. The summed E-state index contributed by atoms with van der Waals surface area (Å²) < 4.78 is 17.9. The summed E-state index contributed by atoms with van der Waals surface area (Å²) in [6, 6.07) is 6.85. The highest BCUT2D eigenvalue weighted by atomic mass is 19.1. The van der Waals surface area contributed by atoms with E-state index in [0.29, 0.717) is 17.7 Å². The van der Waals surface area contributed by atoms with Crippen LogP contribution in [0.2, 0.25) is 0 Å². The molecule has 6 heteroatoms. The Morgan fingerprint density at radius 2 is 2.15 bits per heavy atom. The fraction of sp³-hybridized carbons (Fsp3) is 0.286. The van der Waals surface area contributed by atoms with Crippen LogP contribution in [0.3, 0.4) is 0 Å². The van der Waals surface area contributed by atoms with Crippen LogP contribution in [0.15, 0.2) is 34.9 Å². The molecule has 0 aliphatic heterocycles. The van der Waals surface area contributed by atoms with Crippen molar-refractivity contribution < 1.29 is 18.8 Å². The molecule has 1 aromatic carbocycles. The molecule has 0 aliphatic carbocycles. The van der Waals surface area contributed by atoms with E-state index in [-0.39, 0.29) is 24.2 Å². The van der Waals surface area contributed by atoms with Gasteiger partial charge in [-0.25, -0.2) is 4.39 Å². The predicted octanol–water partition coefficient (Wildman–Crippen LogP) is 1.98. The summed E-state index contributed by atoms with van der Waals surface area (Å²) in [5.74, 6) is -0.379. The van der Waals surface area contributed by atoms with Gasteiger partial charge >= 0.3 is 0 Å². The van der Waals surface area contributed by atoms with Crippen molar-refractivity contribution in [2.75, 3.05) is 6.61 Å². The summed E-state index contributed by atoms with van der Waals surface area (Å²) in [4.78, 5) is 11.9. The Bertz CT molecular complexity index is 576. The third-order valence-electron chi connectivity index (χ3n) is 2.92.